The summed E-state index contributed by atoms with van der Waals surface area (Å²) >= 11 is 0. The Balaban J connectivity index is 1.60. The lowest BCUT2D eigenvalue weighted by molar-refractivity contribution is 0.0943. The van der Waals surface area contributed by atoms with E-state index in [0.717, 1.165) is 25.7 Å². The molecule has 1 fully saturated rings. The molecule has 4 rings (SSSR count). The molecule has 2 aromatic carbocycles. The highest BCUT2D eigenvalue weighted by Gasteiger charge is 2.35. The average molecular weight is 391 g/mol. The fourth-order valence-electron chi connectivity index (χ4n) is 4.50. The van der Waals surface area contributed by atoms with E-state index in [4.69, 9.17) is 0 Å². The van der Waals surface area contributed by atoms with Gasteiger partial charge >= 0.3 is 11.1 Å². The van der Waals surface area contributed by atoms with Crippen LogP contribution in [-0.2, 0) is 12.0 Å². The van der Waals surface area contributed by atoms with E-state index in [1.165, 1.54) is 10.1 Å². The van der Waals surface area contributed by atoms with Crippen LogP contribution in [0, 0.1) is 0 Å². The molecule has 1 heterocycles. The van der Waals surface area contributed by atoms with Crippen molar-refractivity contribution in [3.05, 3.63) is 80.4 Å². The van der Waals surface area contributed by atoms with Gasteiger partial charge in [0.25, 0.3) is 5.91 Å². The number of nitrogens with zero attached hydrogens (tertiary/aromatic N) is 1. The van der Waals surface area contributed by atoms with Crippen molar-refractivity contribution in [2.45, 2.75) is 44.6 Å². The molecule has 1 aliphatic rings. The van der Waals surface area contributed by atoms with E-state index in [9.17, 15) is 14.4 Å². The zero-order chi connectivity index (χ0) is 20.4. The van der Waals surface area contributed by atoms with Crippen LogP contribution in [0.2, 0.25) is 0 Å². The molecule has 0 saturated heterocycles. The van der Waals surface area contributed by atoms with Gasteiger partial charge in [-0.2, -0.15) is 0 Å². The Labute approximate surface area is 168 Å². The highest BCUT2D eigenvalue weighted by Crippen LogP contribution is 2.40. The number of aromatic amines is 1. The Morgan fingerprint density at radius 3 is 2.52 bits per heavy atom. The van der Waals surface area contributed by atoms with Crippen molar-refractivity contribution < 1.29 is 4.79 Å². The highest BCUT2D eigenvalue weighted by molar-refractivity contribution is 5.97. The number of aromatic nitrogens is 2. The van der Waals surface area contributed by atoms with Crippen molar-refractivity contribution in [3.63, 3.8) is 0 Å². The average Bonchev–Trinajstić information content (AvgIpc) is 3.23. The van der Waals surface area contributed by atoms with E-state index < -0.39 is 11.1 Å². The van der Waals surface area contributed by atoms with Gasteiger partial charge in [-0.15, -0.1) is 0 Å². The maximum atomic E-state index is 12.9. The van der Waals surface area contributed by atoms with Crippen molar-refractivity contribution in [2.75, 3.05) is 6.54 Å². The van der Waals surface area contributed by atoms with Gasteiger partial charge in [0.05, 0.1) is 11.0 Å². The zero-order valence-electron chi connectivity index (χ0n) is 16.5. The number of fused-ring (bicyclic) bond motifs is 1. The third kappa shape index (κ3) is 3.50. The lowest BCUT2D eigenvalue weighted by Crippen LogP contribution is -2.39. The number of carbonyl (C=O) groups excluding carboxylic acids is 1. The summed E-state index contributed by atoms with van der Waals surface area (Å²) in [6, 6.07) is 15.4. The topological polar surface area (TPSA) is 84.0 Å². The van der Waals surface area contributed by atoms with E-state index in [1.807, 2.05) is 25.1 Å². The van der Waals surface area contributed by atoms with Crippen LogP contribution >= 0.6 is 0 Å². The Kier molecular flexibility index (Phi) is 5.09. The summed E-state index contributed by atoms with van der Waals surface area (Å²) in [5.41, 5.74) is 1.57. The third-order valence-electron chi connectivity index (χ3n) is 6.09. The zero-order valence-corrected chi connectivity index (χ0v) is 16.5. The van der Waals surface area contributed by atoms with Crippen molar-refractivity contribution >= 4 is 16.9 Å². The maximum absolute atomic E-state index is 12.9. The van der Waals surface area contributed by atoms with Crippen LogP contribution in [0.5, 0.6) is 0 Å². The summed E-state index contributed by atoms with van der Waals surface area (Å²) in [6.07, 6.45) is 4.45. The molecule has 29 heavy (non-hydrogen) atoms. The van der Waals surface area contributed by atoms with Gasteiger partial charge in [0, 0.05) is 24.1 Å². The van der Waals surface area contributed by atoms with Gasteiger partial charge in [-0.05, 0) is 43.5 Å². The predicted octanol–water partition coefficient (Wildman–Crippen LogP) is 2.95. The quantitative estimate of drug-likeness (QED) is 0.656. The molecule has 1 aromatic heterocycles. The molecular formula is C23H25N3O3. The second-order valence-electron chi connectivity index (χ2n) is 7.77. The number of hydrogen-bond donors (Lipinski definition) is 2. The van der Waals surface area contributed by atoms with Gasteiger partial charge in [-0.1, -0.05) is 43.2 Å². The number of H-pyrrole nitrogens is 1. The highest BCUT2D eigenvalue weighted by atomic mass is 16.2. The van der Waals surface area contributed by atoms with Crippen LogP contribution in [0.4, 0.5) is 0 Å². The second kappa shape index (κ2) is 7.70. The molecule has 6 nitrogen and oxygen atoms in total. The van der Waals surface area contributed by atoms with Crippen LogP contribution in [0.25, 0.3) is 11.0 Å². The summed E-state index contributed by atoms with van der Waals surface area (Å²) in [6.45, 7) is 2.79. The largest absolute Gasteiger partial charge is 0.351 e. The van der Waals surface area contributed by atoms with Crippen LogP contribution in [0.1, 0.15) is 48.5 Å². The van der Waals surface area contributed by atoms with Gasteiger partial charge in [0.15, 0.2) is 0 Å². The molecule has 1 amide bonds. The number of rotatable bonds is 5. The SMILES string of the molecule is CCn1c(=O)c(=O)[nH]c2cc(C(=O)NCC3(c4ccccc4)CCCC3)ccc21. The summed E-state index contributed by atoms with van der Waals surface area (Å²) in [7, 11) is 0. The second-order valence-corrected chi connectivity index (χ2v) is 7.77. The molecule has 0 radical (unpaired) electrons. The summed E-state index contributed by atoms with van der Waals surface area (Å²) in [5.74, 6) is -0.177. The van der Waals surface area contributed by atoms with Crippen LogP contribution < -0.4 is 16.4 Å². The maximum Gasteiger partial charge on any atom is 0.316 e. The van der Waals surface area contributed by atoms with E-state index in [1.54, 1.807) is 18.2 Å². The smallest absolute Gasteiger partial charge is 0.316 e. The molecule has 0 atom stereocenters. The first-order valence-corrected chi connectivity index (χ1v) is 10.1. The van der Waals surface area contributed by atoms with Gasteiger partial charge in [0.2, 0.25) is 0 Å². The third-order valence-corrected chi connectivity index (χ3v) is 6.09. The van der Waals surface area contributed by atoms with Crippen LogP contribution in [0.15, 0.2) is 58.1 Å². The molecule has 0 aliphatic heterocycles. The first-order chi connectivity index (χ1) is 14.0. The van der Waals surface area contributed by atoms with Gasteiger partial charge in [-0.25, -0.2) is 0 Å². The monoisotopic (exact) mass is 391 g/mol. The summed E-state index contributed by atoms with van der Waals surface area (Å²) < 4.78 is 1.42. The lowest BCUT2D eigenvalue weighted by atomic mass is 9.79. The Hall–Kier alpha value is -3.15. The van der Waals surface area contributed by atoms with Crippen molar-refractivity contribution in [3.8, 4) is 0 Å². The molecule has 0 spiro atoms. The number of amides is 1. The minimum atomic E-state index is -0.675. The van der Waals surface area contributed by atoms with Crippen LogP contribution in [0.3, 0.4) is 0 Å². The van der Waals surface area contributed by atoms with Gasteiger partial charge in [-0.3, -0.25) is 14.4 Å². The fourth-order valence-corrected chi connectivity index (χ4v) is 4.50. The fraction of sp³-hybridized carbons (Fsp3) is 0.348. The van der Waals surface area contributed by atoms with E-state index in [2.05, 4.69) is 22.4 Å². The van der Waals surface area contributed by atoms with Crippen molar-refractivity contribution in [1.29, 1.82) is 0 Å². The van der Waals surface area contributed by atoms with E-state index in [-0.39, 0.29) is 11.3 Å². The standard InChI is InChI=1S/C23H25N3O3/c1-2-26-19-11-10-16(14-18(19)25-21(28)22(26)29)20(27)24-15-23(12-6-7-13-23)17-8-4-3-5-9-17/h3-5,8-11,14H,2,6-7,12-13,15H2,1H3,(H,24,27)(H,25,28). The molecular weight excluding hydrogens is 366 g/mol. The minimum absolute atomic E-state index is 0.0230. The molecule has 0 unspecified atom stereocenters. The predicted molar refractivity (Wildman–Crippen MR) is 113 cm³/mol. The molecule has 1 saturated carbocycles. The molecule has 6 heteroatoms. The minimum Gasteiger partial charge on any atom is -0.351 e. The number of hydrogen-bond acceptors (Lipinski definition) is 3. The molecule has 3 aromatic rings. The molecule has 150 valence electrons. The van der Waals surface area contributed by atoms with Gasteiger partial charge in [0.1, 0.15) is 0 Å². The first kappa shape index (κ1) is 19.2. The van der Waals surface area contributed by atoms with Crippen molar-refractivity contribution in [1.82, 2.24) is 14.9 Å². The van der Waals surface area contributed by atoms with Crippen molar-refractivity contribution in [2.24, 2.45) is 0 Å². The Morgan fingerprint density at radius 1 is 1.10 bits per heavy atom. The van der Waals surface area contributed by atoms with E-state index in [0.29, 0.717) is 29.7 Å². The lowest BCUT2D eigenvalue weighted by Gasteiger charge is -2.30. The molecule has 0 bridgehead atoms. The number of aryl methyl sites for hydroxylation is 1. The van der Waals surface area contributed by atoms with Gasteiger partial charge < -0.3 is 14.9 Å². The summed E-state index contributed by atoms with van der Waals surface area (Å²) in [5, 5.41) is 3.10. The summed E-state index contributed by atoms with van der Waals surface area (Å²) in [4.78, 5) is 39.3. The Bertz CT molecular complexity index is 1160. The molecule has 1 aliphatic carbocycles. The number of nitrogens with one attached hydrogen (secondary N) is 2. The van der Waals surface area contributed by atoms with Crippen LogP contribution in [-0.4, -0.2) is 22.0 Å². The first-order valence-electron chi connectivity index (χ1n) is 10.1. The number of carbonyl (C=O) groups is 1. The molecule has 2 N–H and O–H groups in total. The number of benzene rings is 2. The van der Waals surface area contributed by atoms with E-state index >= 15 is 0 Å². The Morgan fingerprint density at radius 2 is 1.83 bits per heavy atom. The normalized spacial score (nSPS) is 15.5.